The van der Waals surface area contributed by atoms with Crippen LogP contribution in [-0.2, 0) is 16.0 Å². The molecule has 0 spiro atoms. The van der Waals surface area contributed by atoms with Crippen LogP contribution in [0.2, 0.25) is 0 Å². The molecule has 1 fully saturated rings. The quantitative estimate of drug-likeness (QED) is 0.897. The Balaban J connectivity index is 2.02. The number of piperidine rings is 1. The van der Waals surface area contributed by atoms with Gasteiger partial charge in [0.2, 0.25) is 0 Å². The van der Waals surface area contributed by atoms with Gasteiger partial charge >= 0.3 is 12.2 Å². The van der Waals surface area contributed by atoms with Gasteiger partial charge in [-0.05, 0) is 37.0 Å². The highest BCUT2D eigenvalue weighted by Crippen LogP contribution is 2.30. The normalized spacial score (nSPS) is 19.2. The van der Waals surface area contributed by atoms with Crippen molar-refractivity contribution >= 4 is 21.6 Å². The number of hydrogen-bond acceptors (Lipinski definition) is 3. The summed E-state index contributed by atoms with van der Waals surface area (Å²) in [5.41, 5.74) is -0.783. The second kappa shape index (κ2) is 7.00. The Bertz CT molecular complexity index is 704. The first kappa shape index (κ1) is 18.6. The first-order chi connectivity index (χ1) is 11.0. The molecular formula is C15H19F3N2O3S. The number of nitrogens with zero attached hydrogens (tertiary/aromatic N) is 1. The molecule has 1 aromatic carbocycles. The molecule has 1 aromatic rings. The van der Waals surface area contributed by atoms with Crippen LogP contribution in [0.3, 0.4) is 0 Å². The zero-order valence-corrected chi connectivity index (χ0v) is 14.0. The van der Waals surface area contributed by atoms with Crippen LogP contribution in [0, 0.1) is 5.92 Å². The molecule has 0 radical (unpaired) electrons. The van der Waals surface area contributed by atoms with Gasteiger partial charge in [0.15, 0.2) is 0 Å². The summed E-state index contributed by atoms with van der Waals surface area (Å²) >= 11 is 0. The molecule has 0 aromatic heterocycles. The average molecular weight is 364 g/mol. The number of benzene rings is 1. The van der Waals surface area contributed by atoms with E-state index in [2.05, 4.69) is 5.32 Å². The molecule has 2 amide bonds. The van der Waals surface area contributed by atoms with Gasteiger partial charge in [-0.15, -0.1) is 0 Å². The van der Waals surface area contributed by atoms with Crippen LogP contribution in [-0.4, -0.2) is 44.4 Å². The van der Waals surface area contributed by atoms with Gasteiger partial charge in [-0.1, -0.05) is 6.07 Å². The van der Waals surface area contributed by atoms with Crippen molar-refractivity contribution in [1.82, 2.24) is 4.90 Å². The zero-order valence-electron chi connectivity index (χ0n) is 13.1. The molecule has 5 nitrogen and oxygen atoms in total. The zero-order chi connectivity index (χ0) is 18.0. The van der Waals surface area contributed by atoms with Gasteiger partial charge in [-0.25, -0.2) is 13.2 Å². The number of hydrogen-bond donors (Lipinski definition) is 1. The molecule has 1 saturated heterocycles. The molecule has 1 aliphatic rings. The van der Waals surface area contributed by atoms with E-state index in [0.717, 1.165) is 18.4 Å². The lowest BCUT2D eigenvalue weighted by Crippen LogP contribution is -2.43. The summed E-state index contributed by atoms with van der Waals surface area (Å²) in [5.74, 6) is -0.152. The second-order valence-electron chi connectivity index (χ2n) is 6.06. The minimum absolute atomic E-state index is 0.000336. The summed E-state index contributed by atoms with van der Waals surface area (Å²) < 4.78 is 60.8. The fourth-order valence-corrected chi connectivity index (χ4v) is 3.92. The molecule has 0 bridgehead atoms. The molecule has 1 heterocycles. The van der Waals surface area contributed by atoms with E-state index in [-0.39, 0.29) is 23.9 Å². The van der Waals surface area contributed by atoms with E-state index in [1.807, 2.05) is 0 Å². The second-order valence-corrected chi connectivity index (χ2v) is 8.24. The van der Waals surface area contributed by atoms with Crippen LogP contribution in [0.4, 0.5) is 23.7 Å². The van der Waals surface area contributed by atoms with E-state index < -0.39 is 27.6 Å². The third kappa shape index (κ3) is 5.40. The number of alkyl halides is 3. The van der Waals surface area contributed by atoms with Crippen LogP contribution in [0.5, 0.6) is 0 Å². The summed E-state index contributed by atoms with van der Waals surface area (Å²) in [5, 5.41) is 2.45. The Kier molecular flexibility index (Phi) is 5.42. The molecule has 1 atom stereocenters. The smallest absolute Gasteiger partial charge is 0.324 e. The molecule has 2 rings (SSSR count). The third-order valence-corrected chi connectivity index (χ3v) is 4.86. The Morgan fingerprint density at radius 2 is 2.08 bits per heavy atom. The number of amides is 2. The van der Waals surface area contributed by atoms with Crippen molar-refractivity contribution in [3.63, 3.8) is 0 Å². The third-order valence-electron chi connectivity index (χ3n) is 3.79. The van der Waals surface area contributed by atoms with Crippen molar-refractivity contribution < 1.29 is 26.4 Å². The van der Waals surface area contributed by atoms with Gasteiger partial charge in [0.1, 0.15) is 9.84 Å². The number of halogens is 3. The number of carbonyl (C=O) groups is 1. The Morgan fingerprint density at radius 1 is 1.38 bits per heavy atom. The molecule has 0 aliphatic carbocycles. The summed E-state index contributed by atoms with van der Waals surface area (Å²) in [7, 11) is -3.14. The minimum atomic E-state index is -4.48. The van der Waals surface area contributed by atoms with Crippen molar-refractivity contribution in [2.75, 3.05) is 30.4 Å². The maximum atomic E-state index is 12.7. The highest BCUT2D eigenvalue weighted by molar-refractivity contribution is 7.90. The number of sulfone groups is 1. The average Bonchev–Trinajstić information content (AvgIpc) is 2.45. The van der Waals surface area contributed by atoms with Crippen LogP contribution in [0.1, 0.15) is 18.4 Å². The van der Waals surface area contributed by atoms with Crippen molar-refractivity contribution in [3.8, 4) is 0 Å². The molecular weight excluding hydrogens is 345 g/mol. The first-order valence-corrected chi connectivity index (χ1v) is 9.51. The van der Waals surface area contributed by atoms with Gasteiger partial charge in [0, 0.05) is 25.0 Å². The minimum Gasteiger partial charge on any atom is -0.324 e. The summed E-state index contributed by atoms with van der Waals surface area (Å²) in [6, 6.07) is 3.88. The Morgan fingerprint density at radius 3 is 2.71 bits per heavy atom. The first-order valence-electron chi connectivity index (χ1n) is 7.45. The summed E-state index contributed by atoms with van der Waals surface area (Å²) in [4.78, 5) is 13.7. The lowest BCUT2D eigenvalue weighted by Gasteiger charge is -2.32. The molecule has 1 N–H and O–H groups in total. The number of nitrogens with one attached hydrogen (secondary N) is 1. The standard InChI is InChI=1S/C15H19F3N2O3S/c1-24(22,23)10-11-4-3-7-20(9-11)14(21)19-13-6-2-5-12(8-13)15(16,17)18/h2,5-6,8,11H,3-4,7,9-10H2,1H3,(H,19,21)/t11-/m1/s1. The molecule has 24 heavy (non-hydrogen) atoms. The fraction of sp³-hybridized carbons (Fsp3) is 0.533. The molecule has 1 aliphatic heterocycles. The number of anilines is 1. The van der Waals surface area contributed by atoms with E-state index in [1.165, 1.54) is 17.0 Å². The fourth-order valence-electron chi connectivity index (χ4n) is 2.79. The summed E-state index contributed by atoms with van der Waals surface area (Å²) in [6.45, 7) is 0.725. The highest BCUT2D eigenvalue weighted by atomic mass is 32.2. The van der Waals surface area contributed by atoms with Crippen molar-refractivity contribution in [2.24, 2.45) is 5.92 Å². The van der Waals surface area contributed by atoms with Crippen molar-refractivity contribution in [3.05, 3.63) is 29.8 Å². The van der Waals surface area contributed by atoms with E-state index in [1.54, 1.807) is 0 Å². The predicted octanol–water partition coefficient (Wildman–Crippen LogP) is 2.99. The highest BCUT2D eigenvalue weighted by Gasteiger charge is 2.31. The number of urea groups is 1. The van der Waals surface area contributed by atoms with Gasteiger partial charge in [0.25, 0.3) is 0 Å². The maximum Gasteiger partial charge on any atom is 0.416 e. The number of likely N-dealkylation sites (tertiary alicyclic amines) is 1. The molecule has 9 heteroatoms. The Hall–Kier alpha value is -1.77. The van der Waals surface area contributed by atoms with Crippen LogP contribution < -0.4 is 5.32 Å². The van der Waals surface area contributed by atoms with Crippen LogP contribution in [0.15, 0.2) is 24.3 Å². The largest absolute Gasteiger partial charge is 0.416 e. The van der Waals surface area contributed by atoms with Crippen molar-refractivity contribution in [2.45, 2.75) is 19.0 Å². The van der Waals surface area contributed by atoms with Crippen molar-refractivity contribution in [1.29, 1.82) is 0 Å². The summed E-state index contributed by atoms with van der Waals surface area (Å²) in [6.07, 6.45) is -1.96. The monoisotopic (exact) mass is 364 g/mol. The molecule has 0 unspecified atom stereocenters. The number of carbonyl (C=O) groups excluding carboxylic acids is 1. The van der Waals surface area contributed by atoms with Gasteiger partial charge in [-0.2, -0.15) is 13.2 Å². The number of rotatable bonds is 3. The van der Waals surface area contributed by atoms with Crippen LogP contribution >= 0.6 is 0 Å². The van der Waals surface area contributed by atoms with E-state index in [0.29, 0.717) is 19.4 Å². The predicted molar refractivity (Wildman–Crippen MR) is 84.5 cm³/mol. The SMILES string of the molecule is CS(=O)(=O)C[C@@H]1CCCN(C(=O)Nc2cccc(C(F)(F)F)c2)C1. The molecule has 134 valence electrons. The van der Waals surface area contributed by atoms with E-state index in [9.17, 15) is 26.4 Å². The van der Waals surface area contributed by atoms with Gasteiger partial charge in [-0.3, -0.25) is 0 Å². The van der Waals surface area contributed by atoms with Gasteiger partial charge in [0.05, 0.1) is 11.3 Å². The maximum absolute atomic E-state index is 12.7. The van der Waals surface area contributed by atoms with E-state index in [4.69, 9.17) is 0 Å². The lowest BCUT2D eigenvalue weighted by atomic mass is 10.0. The van der Waals surface area contributed by atoms with Crippen LogP contribution in [0.25, 0.3) is 0 Å². The molecule has 0 saturated carbocycles. The topological polar surface area (TPSA) is 66.5 Å². The lowest BCUT2D eigenvalue weighted by molar-refractivity contribution is -0.137. The Labute approximate surface area is 138 Å². The van der Waals surface area contributed by atoms with E-state index >= 15 is 0 Å². The van der Waals surface area contributed by atoms with Gasteiger partial charge < -0.3 is 10.2 Å².